The van der Waals surface area contributed by atoms with Gasteiger partial charge in [-0.25, -0.2) is 0 Å². The summed E-state index contributed by atoms with van der Waals surface area (Å²) >= 11 is 0. The number of anilines is 1. The summed E-state index contributed by atoms with van der Waals surface area (Å²) < 4.78 is 4.86. The SMILES string of the molecule is Cc1cc(C(=O)Nc2c(C)n[nH]c2C)on1. The number of nitrogens with zero attached hydrogens (tertiary/aromatic N) is 2. The molecule has 2 rings (SSSR count). The van der Waals surface area contributed by atoms with Gasteiger partial charge in [-0.15, -0.1) is 0 Å². The molecule has 84 valence electrons. The molecule has 0 bridgehead atoms. The van der Waals surface area contributed by atoms with Crippen LogP contribution in [0.15, 0.2) is 10.6 Å². The molecular formula is C10H12N4O2. The number of rotatable bonds is 2. The zero-order valence-electron chi connectivity index (χ0n) is 9.29. The molecule has 2 heterocycles. The number of aryl methyl sites for hydroxylation is 3. The van der Waals surface area contributed by atoms with Crippen LogP contribution in [0.5, 0.6) is 0 Å². The second-order valence-corrected chi connectivity index (χ2v) is 3.60. The topological polar surface area (TPSA) is 83.8 Å². The van der Waals surface area contributed by atoms with Crippen LogP contribution in [0.25, 0.3) is 0 Å². The monoisotopic (exact) mass is 220 g/mol. The van der Waals surface area contributed by atoms with Crippen LogP contribution in [-0.4, -0.2) is 21.3 Å². The van der Waals surface area contributed by atoms with Crippen LogP contribution >= 0.6 is 0 Å². The maximum Gasteiger partial charge on any atom is 0.294 e. The third kappa shape index (κ3) is 1.81. The molecule has 6 heteroatoms. The predicted molar refractivity (Wildman–Crippen MR) is 57.3 cm³/mol. The second-order valence-electron chi connectivity index (χ2n) is 3.60. The van der Waals surface area contributed by atoms with Crippen LogP contribution in [0, 0.1) is 20.8 Å². The van der Waals surface area contributed by atoms with E-state index in [0.717, 1.165) is 11.4 Å². The predicted octanol–water partition coefficient (Wildman–Crippen LogP) is 1.58. The number of carbonyl (C=O) groups excluding carboxylic acids is 1. The highest BCUT2D eigenvalue weighted by Gasteiger charge is 2.15. The molecule has 6 nitrogen and oxygen atoms in total. The lowest BCUT2D eigenvalue weighted by Crippen LogP contribution is -2.12. The maximum atomic E-state index is 11.7. The lowest BCUT2D eigenvalue weighted by Gasteiger charge is -2.01. The van der Waals surface area contributed by atoms with Crippen molar-refractivity contribution in [1.29, 1.82) is 0 Å². The van der Waals surface area contributed by atoms with E-state index in [0.29, 0.717) is 11.4 Å². The van der Waals surface area contributed by atoms with Crippen molar-refractivity contribution in [3.8, 4) is 0 Å². The molecule has 2 aromatic rings. The van der Waals surface area contributed by atoms with E-state index >= 15 is 0 Å². The molecule has 0 radical (unpaired) electrons. The summed E-state index contributed by atoms with van der Waals surface area (Å²) in [7, 11) is 0. The van der Waals surface area contributed by atoms with Crippen molar-refractivity contribution in [2.75, 3.05) is 5.32 Å². The maximum absolute atomic E-state index is 11.7. The Morgan fingerprint density at radius 2 is 2.19 bits per heavy atom. The first-order valence-corrected chi connectivity index (χ1v) is 4.84. The van der Waals surface area contributed by atoms with E-state index in [4.69, 9.17) is 4.52 Å². The molecule has 0 fully saturated rings. The summed E-state index contributed by atoms with van der Waals surface area (Å²) in [5.41, 5.74) is 2.90. The normalized spacial score (nSPS) is 10.4. The first-order valence-electron chi connectivity index (χ1n) is 4.84. The summed E-state index contributed by atoms with van der Waals surface area (Å²) in [4.78, 5) is 11.7. The van der Waals surface area contributed by atoms with Crippen molar-refractivity contribution in [2.45, 2.75) is 20.8 Å². The van der Waals surface area contributed by atoms with Crippen LogP contribution in [0.1, 0.15) is 27.6 Å². The number of aromatic nitrogens is 3. The molecule has 0 saturated carbocycles. The Bertz CT molecular complexity index is 507. The lowest BCUT2D eigenvalue weighted by molar-refractivity contribution is 0.0987. The van der Waals surface area contributed by atoms with Gasteiger partial charge < -0.3 is 9.84 Å². The summed E-state index contributed by atoms with van der Waals surface area (Å²) in [5.74, 6) is -0.134. The van der Waals surface area contributed by atoms with E-state index in [1.54, 1.807) is 13.0 Å². The Kier molecular flexibility index (Phi) is 2.47. The summed E-state index contributed by atoms with van der Waals surface area (Å²) in [5, 5.41) is 13.1. The lowest BCUT2D eigenvalue weighted by atomic mass is 10.3. The van der Waals surface area contributed by atoms with Gasteiger partial charge in [-0.05, 0) is 20.8 Å². The van der Waals surface area contributed by atoms with Gasteiger partial charge in [0.15, 0.2) is 0 Å². The molecule has 16 heavy (non-hydrogen) atoms. The minimum absolute atomic E-state index is 0.192. The smallest absolute Gasteiger partial charge is 0.294 e. The molecule has 0 aliphatic carbocycles. The second kappa shape index (κ2) is 3.80. The van der Waals surface area contributed by atoms with Crippen LogP contribution in [0.4, 0.5) is 5.69 Å². The number of aromatic amines is 1. The van der Waals surface area contributed by atoms with Crippen LogP contribution in [0.2, 0.25) is 0 Å². The van der Waals surface area contributed by atoms with Gasteiger partial charge in [-0.1, -0.05) is 5.16 Å². The highest BCUT2D eigenvalue weighted by Crippen LogP contribution is 2.17. The molecule has 0 aliphatic heterocycles. The fourth-order valence-corrected chi connectivity index (χ4v) is 1.38. The molecule has 0 aromatic carbocycles. The standard InChI is InChI=1S/C10H12N4O2/c1-5-4-8(16-14-5)10(15)11-9-6(2)12-13-7(9)3/h4H,1-3H3,(H,11,15)(H,12,13). The van der Waals surface area contributed by atoms with Gasteiger partial charge in [0.25, 0.3) is 5.91 Å². The molecule has 0 spiro atoms. The van der Waals surface area contributed by atoms with E-state index in [9.17, 15) is 4.79 Å². The van der Waals surface area contributed by atoms with Gasteiger partial charge in [0.1, 0.15) is 0 Å². The van der Waals surface area contributed by atoms with Gasteiger partial charge in [0.05, 0.1) is 22.8 Å². The van der Waals surface area contributed by atoms with Gasteiger partial charge in [0, 0.05) is 6.07 Å². The number of hydrogen-bond donors (Lipinski definition) is 2. The largest absolute Gasteiger partial charge is 0.351 e. The molecule has 2 N–H and O–H groups in total. The summed E-state index contributed by atoms with van der Waals surface area (Å²) in [6.07, 6.45) is 0. The zero-order chi connectivity index (χ0) is 11.7. The number of H-pyrrole nitrogens is 1. The molecule has 0 unspecified atom stereocenters. The van der Waals surface area contributed by atoms with Crippen molar-refractivity contribution < 1.29 is 9.32 Å². The van der Waals surface area contributed by atoms with Crippen molar-refractivity contribution in [1.82, 2.24) is 15.4 Å². The van der Waals surface area contributed by atoms with Crippen LogP contribution in [-0.2, 0) is 0 Å². The Balaban J connectivity index is 2.20. The fraction of sp³-hybridized carbons (Fsp3) is 0.300. The third-order valence-corrected chi connectivity index (χ3v) is 2.22. The highest BCUT2D eigenvalue weighted by atomic mass is 16.5. The average Bonchev–Trinajstić information content (AvgIpc) is 2.79. The minimum Gasteiger partial charge on any atom is -0.351 e. The fourth-order valence-electron chi connectivity index (χ4n) is 1.38. The van der Waals surface area contributed by atoms with Gasteiger partial charge in [-0.2, -0.15) is 5.10 Å². The van der Waals surface area contributed by atoms with Crippen molar-refractivity contribution >= 4 is 11.6 Å². The van der Waals surface area contributed by atoms with E-state index in [1.165, 1.54) is 0 Å². The number of amides is 1. The molecule has 2 aromatic heterocycles. The van der Waals surface area contributed by atoms with Crippen molar-refractivity contribution in [3.63, 3.8) is 0 Å². The van der Waals surface area contributed by atoms with E-state index < -0.39 is 0 Å². The zero-order valence-corrected chi connectivity index (χ0v) is 9.29. The Hall–Kier alpha value is -2.11. The summed E-state index contributed by atoms with van der Waals surface area (Å²) in [6.45, 7) is 5.40. The van der Waals surface area contributed by atoms with Crippen molar-refractivity contribution in [2.24, 2.45) is 0 Å². The van der Waals surface area contributed by atoms with Crippen LogP contribution < -0.4 is 5.32 Å². The molecule has 0 atom stereocenters. The molecule has 1 amide bonds. The van der Waals surface area contributed by atoms with E-state index in [1.807, 2.05) is 13.8 Å². The Morgan fingerprint density at radius 1 is 1.44 bits per heavy atom. The minimum atomic E-state index is -0.326. The molecular weight excluding hydrogens is 208 g/mol. The quantitative estimate of drug-likeness (QED) is 0.804. The number of hydrogen-bond acceptors (Lipinski definition) is 4. The average molecular weight is 220 g/mol. The van der Waals surface area contributed by atoms with Crippen LogP contribution in [0.3, 0.4) is 0 Å². The highest BCUT2D eigenvalue weighted by molar-refractivity contribution is 6.02. The number of nitrogens with one attached hydrogen (secondary N) is 2. The summed E-state index contributed by atoms with van der Waals surface area (Å²) in [6, 6.07) is 1.58. The first kappa shape index (κ1) is 10.4. The van der Waals surface area contributed by atoms with Crippen molar-refractivity contribution in [3.05, 3.63) is 28.9 Å². The molecule has 0 saturated heterocycles. The van der Waals surface area contributed by atoms with E-state index in [2.05, 4.69) is 20.7 Å². The first-order chi connectivity index (χ1) is 7.58. The van der Waals surface area contributed by atoms with Gasteiger partial charge in [0.2, 0.25) is 5.76 Å². The van der Waals surface area contributed by atoms with E-state index in [-0.39, 0.29) is 11.7 Å². The number of carbonyl (C=O) groups is 1. The molecule has 0 aliphatic rings. The van der Waals surface area contributed by atoms with Gasteiger partial charge >= 0.3 is 0 Å². The Morgan fingerprint density at radius 3 is 2.69 bits per heavy atom. The Labute approximate surface area is 92.0 Å². The van der Waals surface area contributed by atoms with Gasteiger partial charge in [-0.3, -0.25) is 9.89 Å². The third-order valence-electron chi connectivity index (χ3n) is 2.22.